The van der Waals surface area contributed by atoms with Crippen LogP contribution in [0.4, 0.5) is 4.39 Å². The Morgan fingerprint density at radius 3 is 2.62 bits per heavy atom. The molecule has 1 saturated carbocycles. The lowest BCUT2D eigenvalue weighted by atomic mass is 9.93. The van der Waals surface area contributed by atoms with Crippen LogP contribution in [0.25, 0.3) is 0 Å². The summed E-state index contributed by atoms with van der Waals surface area (Å²) in [5.41, 5.74) is 2.13. The van der Waals surface area contributed by atoms with Crippen molar-refractivity contribution in [2.75, 3.05) is 13.2 Å². The molecule has 3 aliphatic rings. The number of hydrogen-bond acceptors (Lipinski definition) is 2. The van der Waals surface area contributed by atoms with E-state index in [0.717, 1.165) is 37.7 Å². The molecule has 1 heterocycles. The van der Waals surface area contributed by atoms with Gasteiger partial charge in [0.15, 0.2) is 5.79 Å². The highest BCUT2D eigenvalue weighted by Gasteiger charge is 2.39. The van der Waals surface area contributed by atoms with E-state index in [1.165, 1.54) is 5.57 Å². The number of halogens is 1. The summed E-state index contributed by atoms with van der Waals surface area (Å²) in [7, 11) is 0. The Balaban J connectivity index is 1.85. The van der Waals surface area contributed by atoms with Crippen molar-refractivity contribution in [2.45, 2.75) is 44.3 Å². The Labute approximate surface area is 95.1 Å². The van der Waals surface area contributed by atoms with Crippen molar-refractivity contribution in [3.8, 4) is 0 Å². The van der Waals surface area contributed by atoms with Crippen LogP contribution in [0.3, 0.4) is 0 Å². The van der Waals surface area contributed by atoms with Gasteiger partial charge in [-0.1, -0.05) is 6.08 Å². The maximum Gasteiger partial charge on any atom is 0.169 e. The average molecular weight is 224 g/mol. The average Bonchev–Trinajstić information content (AvgIpc) is 2.65. The van der Waals surface area contributed by atoms with Gasteiger partial charge in [-0.3, -0.25) is 0 Å². The van der Waals surface area contributed by atoms with Crippen LogP contribution in [0.5, 0.6) is 0 Å². The van der Waals surface area contributed by atoms with Gasteiger partial charge in [-0.25, -0.2) is 4.39 Å². The summed E-state index contributed by atoms with van der Waals surface area (Å²) in [5, 5.41) is 0. The number of allylic oxidation sites excluding steroid dienone is 4. The fourth-order valence-corrected chi connectivity index (χ4v) is 2.92. The van der Waals surface area contributed by atoms with Gasteiger partial charge in [-0.15, -0.1) is 0 Å². The number of fused-ring (bicyclic) bond motifs is 1. The molecule has 2 fully saturated rings. The van der Waals surface area contributed by atoms with E-state index in [1.54, 1.807) is 0 Å². The molecule has 0 unspecified atom stereocenters. The van der Waals surface area contributed by atoms with E-state index in [1.807, 2.05) is 0 Å². The van der Waals surface area contributed by atoms with E-state index in [-0.39, 0.29) is 5.83 Å². The van der Waals surface area contributed by atoms with E-state index >= 15 is 0 Å². The maximum atomic E-state index is 13.7. The van der Waals surface area contributed by atoms with Crippen LogP contribution in [-0.4, -0.2) is 19.0 Å². The van der Waals surface area contributed by atoms with Crippen LogP contribution in [0, 0.1) is 0 Å². The summed E-state index contributed by atoms with van der Waals surface area (Å²) < 4.78 is 25.1. The van der Waals surface area contributed by atoms with Gasteiger partial charge >= 0.3 is 0 Å². The highest BCUT2D eigenvalue weighted by atomic mass is 19.1. The summed E-state index contributed by atoms with van der Waals surface area (Å²) in [6.45, 7) is 1.36. The minimum absolute atomic E-state index is 0.0903. The molecule has 0 aromatic rings. The van der Waals surface area contributed by atoms with E-state index < -0.39 is 5.79 Å². The summed E-state index contributed by atoms with van der Waals surface area (Å²) in [5.74, 6) is -0.321. The molecule has 2 aliphatic carbocycles. The van der Waals surface area contributed by atoms with Crippen LogP contribution in [0.15, 0.2) is 23.0 Å². The molecule has 0 N–H and O–H groups in total. The van der Waals surface area contributed by atoms with Crippen molar-refractivity contribution in [3.63, 3.8) is 0 Å². The molecule has 0 atom stereocenters. The summed E-state index contributed by atoms with van der Waals surface area (Å²) >= 11 is 0. The third-order valence-corrected chi connectivity index (χ3v) is 3.81. The van der Waals surface area contributed by atoms with Gasteiger partial charge in [0.05, 0.1) is 13.2 Å². The molecular weight excluding hydrogens is 207 g/mol. The molecule has 1 spiro atoms. The lowest BCUT2D eigenvalue weighted by Gasteiger charge is -2.24. The Hall–Kier alpha value is -0.670. The molecule has 1 aliphatic heterocycles. The molecule has 16 heavy (non-hydrogen) atoms. The number of ether oxygens (including phenoxy) is 2. The van der Waals surface area contributed by atoms with Gasteiger partial charge in [-0.05, 0) is 30.4 Å². The summed E-state index contributed by atoms with van der Waals surface area (Å²) in [6.07, 6.45) is 6.93. The first-order valence-electron chi connectivity index (χ1n) is 6.14. The molecule has 0 radical (unpaired) electrons. The lowest BCUT2D eigenvalue weighted by Crippen LogP contribution is -2.28. The van der Waals surface area contributed by atoms with E-state index in [9.17, 15) is 4.39 Å². The second-order valence-electron chi connectivity index (χ2n) is 4.76. The molecular formula is C13H17FO2. The van der Waals surface area contributed by atoms with Crippen molar-refractivity contribution in [2.24, 2.45) is 0 Å². The topological polar surface area (TPSA) is 18.5 Å². The highest BCUT2D eigenvalue weighted by molar-refractivity contribution is 5.37. The molecule has 3 heteroatoms. The third kappa shape index (κ3) is 1.72. The van der Waals surface area contributed by atoms with Crippen molar-refractivity contribution in [3.05, 3.63) is 23.0 Å². The van der Waals surface area contributed by atoms with Crippen LogP contribution >= 0.6 is 0 Å². The largest absolute Gasteiger partial charge is 0.348 e. The maximum absolute atomic E-state index is 13.7. The normalized spacial score (nSPS) is 28.9. The zero-order valence-corrected chi connectivity index (χ0v) is 9.43. The molecule has 0 aromatic heterocycles. The SMILES string of the molecule is FC1=C2CCC3(CCC2=CCC1)OCCO3. The minimum Gasteiger partial charge on any atom is -0.348 e. The molecule has 0 aromatic carbocycles. The second kappa shape index (κ2) is 3.97. The summed E-state index contributed by atoms with van der Waals surface area (Å²) in [6, 6.07) is 0. The van der Waals surface area contributed by atoms with Crippen molar-refractivity contribution in [1.29, 1.82) is 0 Å². The Morgan fingerprint density at radius 1 is 1.06 bits per heavy atom. The van der Waals surface area contributed by atoms with E-state index in [2.05, 4.69) is 6.08 Å². The molecule has 88 valence electrons. The molecule has 1 saturated heterocycles. The van der Waals surface area contributed by atoms with Crippen molar-refractivity contribution >= 4 is 0 Å². The standard InChI is InChI=1S/C13H17FO2/c14-12-3-1-2-10-4-6-13(7-5-11(10)12)15-8-9-16-13/h2H,1,3-9H2. The molecule has 0 amide bonds. The van der Waals surface area contributed by atoms with E-state index in [0.29, 0.717) is 19.6 Å². The lowest BCUT2D eigenvalue weighted by molar-refractivity contribution is -0.164. The Morgan fingerprint density at radius 2 is 1.81 bits per heavy atom. The van der Waals surface area contributed by atoms with Gasteiger partial charge in [0.25, 0.3) is 0 Å². The second-order valence-corrected chi connectivity index (χ2v) is 4.76. The highest BCUT2D eigenvalue weighted by Crippen LogP contribution is 2.42. The number of rotatable bonds is 0. The van der Waals surface area contributed by atoms with Crippen LogP contribution < -0.4 is 0 Å². The molecule has 0 bridgehead atoms. The first kappa shape index (κ1) is 10.5. The third-order valence-electron chi connectivity index (χ3n) is 3.81. The molecule has 3 rings (SSSR count). The van der Waals surface area contributed by atoms with Gasteiger partial charge in [0, 0.05) is 19.3 Å². The quantitative estimate of drug-likeness (QED) is 0.629. The van der Waals surface area contributed by atoms with Crippen LogP contribution in [0.2, 0.25) is 0 Å². The Bertz CT molecular complexity index is 351. The Kier molecular flexibility index (Phi) is 2.60. The van der Waals surface area contributed by atoms with Gasteiger partial charge in [0.2, 0.25) is 0 Å². The summed E-state index contributed by atoms with van der Waals surface area (Å²) in [4.78, 5) is 0. The van der Waals surface area contributed by atoms with Gasteiger partial charge < -0.3 is 9.47 Å². The fraction of sp³-hybridized carbons (Fsp3) is 0.692. The van der Waals surface area contributed by atoms with Gasteiger partial charge in [-0.2, -0.15) is 0 Å². The van der Waals surface area contributed by atoms with Crippen molar-refractivity contribution in [1.82, 2.24) is 0 Å². The van der Waals surface area contributed by atoms with Crippen LogP contribution in [-0.2, 0) is 9.47 Å². The smallest absolute Gasteiger partial charge is 0.169 e. The zero-order valence-electron chi connectivity index (χ0n) is 9.43. The first-order valence-corrected chi connectivity index (χ1v) is 6.14. The van der Waals surface area contributed by atoms with Gasteiger partial charge in [0.1, 0.15) is 5.83 Å². The predicted molar refractivity (Wildman–Crippen MR) is 58.6 cm³/mol. The van der Waals surface area contributed by atoms with Crippen LogP contribution in [0.1, 0.15) is 38.5 Å². The zero-order chi connectivity index (χ0) is 11.0. The predicted octanol–water partition coefficient (Wildman–Crippen LogP) is 3.25. The number of hydrogen-bond donors (Lipinski definition) is 0. The fourth-order valence-electron chi connectivity index (χ4n) is 2.92. The van der Waals surface area contributed by atoms with Crippen molar-refractivity contribution < 1.29 is 13.9 Å². The monoisotopic (exact) mass is 224 g/mol. The molecule has 2 nitrogen and oxygen atoms in total. The first-order chi connectivity index (χ1) is 7.79. The minimum atomic E-state index is -0.411. The van der Waals surface area contributed by atoms with E-state index in [4.69, 9.17) is 9.47 Å².